The summed E-state index contributed by atoms with van der Waals surface area (Å²) in [6.45, 7) is 2.40. The molecule has 2 rings (SSSR count). The molecule has 1 amide bonds. The van der Waals surface area contributed by atoms with Crippen LogP contribution in [0.15, 0.2) is 48.5 Å². The third-order valence-corrected chi connectivity index (χ3v) is 3.53. The molecule has 0 aromatic heterocycles. The molecule has 2 aromatic carbocycles. The number of ether oxygens (including phenoxy) is 1. The molecule has 0 aliphatic heterocycles. The number of anilines is 1. The first kappa shape index (κ1) is 16.6. The molecule has 0 aliphatic rings. The number of nitrogens with one attached hydrogen (secondary N) is 1. The molecule has 0 spiro atoms. The number of quaternary nitrogens is 1. The first-order valence-electron chi connectivity index (χ1n) is 7.43. The van der Waals surface area contributed by atoms with Crippen molar-refractivity contribution in [1.82, 2.24) is 0 Å². The molecular formula is C19H21N2O2+. The molecule has 1 atom stereocenters. The normalized spacial score (nSPS) is 11.3. The number of hydrogen-bond donors (Lipinski definition) is 2. The standard InChI is InChI=1S/C19H20N2O2/c1-4-12-20-18(15-8-6-5-7-9-15)19(22)21-16-13-14(2)10-11-17(16)23-3/h1,5-11,13,18,20H,12H2,2-3H3,(H,21,22)/p+1/t18-/m0/s1. The van der Waals surface area contributed by atoms with Gasteiger partial charge in [0.2, 0.25) is 0 Å². The van der Waals surface area contributed by atoms with E-state index < -0.39 is 6.04 Å². The molecule has 23 heavy (non-hydrogen) atoms. The van der Waals surface area contributed by atoms with Crippen molar-refractivity contribution in [2.24, 2.45) is 0 Å². The minimum absolute atomic E-state index is 0.129. The minimum atomic E-state index is -0.405. The largest absolute Gasteiger partial charge is 0.495 e. The Kier molecular flexibility index (Phi) is 5.79. The molecule has 0 saturated heterocycles. The van der Waals surface area contributed by atoms with Crippen LogP contribution in [0.2, 0.25) is 0 Å². The summed E-state index contributed by atoms with van der Waals surface area (Å²) in [6, 6.07) is 14.8. The SMILES string of the molecule is C#CC[NH2+][C@H](C(=O)Nc1cc(C)ccc1OC)c1ccccc1. The number of nitrogens with two attached hydrogens (primary N) is 1. The number of methoxy groups -OCH3 is 1. The fourth-order valence-corrected chi connectivity index (χ4v) is 2.37. The quantitative estimate of drug-likeness (QED) is 0.801. The third-order valence-electron chi connectivity index (χ3n) is 3.53. The Balaban J connectivity index is 2.25. The number of hydrogen-bond acceptors (Lipinski definition) is 2. The molecule has 0 fully saturated rings. The molecule has 0 saturated carbocycles. The third kappa shape index (κ3) is 4.35. The summed E-state index contributed by atoms with van der Waals surface area (Å²) in [7, 11) is 1.58. The zero-order valence-corrected chi connectivity index (χ0v) is 13.4. The predicted octanol–water partition coefficient (Wildman–Crippen LogP) is 1.88. The average Bonchev–Trinajstić information content (AvgIpc) is 2.56. The summed E-state index contributed by atoms with van der Waals surface area (Å²) in [5.74, 6) is 3.06. The van der Waals surface area contributed by atoms with Crippen LogP contribution in [0.25, 0.3) is 0 Å². The zero-order chi connectivity index (χ0) is 16.7. The van der Waals surface area contributed by atoms with Crippen LogP contribution >= 0.6 is 0 Å². The van der Waals surface area contributed by atoms with Crippen LogP contribution in [0.1, 0.15) is 17.2 Å². The summed E-state index contributed by atoms with van der Waals surface area (Å²) in [6.07, 6.45) is 5.34. The van der Waals surface area contributed by atoms with Crippen LogP contribution in [-0.4, -0.2) is 19.6 Å². The molecule has 3 N–H and O–H groups in total. The Bertz CT molecular complexity index is 705. The highest BCUT2D eigenvalue weighted by Gasteiger charge is 2.24. The van der Waals surface area contributed by atoms with E-state index in [0.717, 1.165) is 11.1 Å². The second kappa shape index (κ2) is 8.02. The van der Waals surface area contributed by atoms with Crippen molar-refractivity contribution in [3.63, 3.8) is 0 Å². The van der Waals surface area contributed by atoms with Gasteiger partial charge in [-0.1, -0.05) is 36.4 Å². The van der Waals surface area contributed by atoms with Crippen molar-refractivity contribution < 1.29 is 14.8 Å². The Morgan fingerprint density at radius 3 is 2.70 bits per heavy atom. The summed E-state index contributed by atoms with van der Waals surface area (Å²) in [4.78, 5) is 12.7. The van der Waals surface area contributed by atoms with E-state index in [1.165, 1.54) is 0 Å². The van der Waals surface area contributed by atoms with Crippen molar-refractivity contribution in [2.75, 3.05) is 19.0 Å². The fourth-order valence-electron chi connectivity index (χ4n) is 2.37. The first-order valence-corrected chi connectivity index (χ1v) is 7.43. The molecule has 4 nitrogen and oxygen atoms in total. The van der Waals surface area contributed by atoms with Gasteiger partial charge in [-0.15, -0.1) is 6.42 Å². The van der Waals surface area contributed by atoms with Gasteiger partial charge in [0.15, 0.2) is 6.04 Å². The van der Waals surface area contributed by atoms with E-state index in [4.69, 9.17) is 11.2 Å². The van der Waals surface area contributed by atoms with Gasteiger partial charge in [0.25, 0.3) is 5.91 Å². The van der Waals surface area contributed by atoms with Gasteiger partial charge in [-0.25, -0.2) is 0 Å². The number of benzene rings is 2. The number of amides is 1. The number of rotatable bonds is 6. The summed E-state index contributed by atoms with van der Waals surface area (Å²) in [5, 5.41) is 4.79. The highest BCUT2D eigenvalue weighted by Crippen LogP contribution is 2.26. The van der Waals surface area contributed by atoms with Gasteiger partial charge in [-0.3, -0.25) is 4.79 Å². The molecule has 0 bridgehead atoms. The van der Waals surface area contributed by atoms with E-state index in [9.17, 15) is 4.79 Å². The van der Waals surface area contributed by atoms with Crippen molar-refractivity contribution in [2.45, 2.75) is 13.0 Å². The van der Waals surface area contributed by atoms with Crippen molar-refractivity contribution in [3.05, 3.63) is 59.7 Å². The van der Waals surface area contributed by atoms with Gasteiger partial charge in [0.1, 0.15) is 12.3 Å². The Labute approximate surface area is 136 Å². The monoisotopic (exact) mass is 309 g/mol. The number of aryl methyl sites for hydroxylation is 1. The highest BCUT2D eigenvalue weighted by atomic mass is 16.5. The predicted molar refractivity (Wildman–Crippen MR) is 91.2 cm³/mol. The lowest BCUT2D eigenvalue weighted by atomic mass is 10.1. The number of carbonyl (C=O) groups is 1. The van der Waals surface area contributed by atoms with E-state index in [2.05, 4.69) is 11.2 Å². The summed E-state index contributed by atoms with van der Waals surface area (Å²) in [5.41, 5.74) is 2.62. The van der Waals surface area contributed by atoms with Crippen LogP contribution in [-0.2, 0) is 4.79 Å². The molecule has 118 valence electrons. The van der Waals surface area contributed by atoms with Gasteiger partial charge in [0.05, 0.1) is 12.8 Å². The molecule has 0 aliphatic carbocycles. The minimum Gasteiger partial charge on any atom is -0.495 e. The molecule has 0 unspecified atom stereocenters. The lowest BCUT2D eigenvalue weighted by Crippen LogP contribution is -2.87. The molecule has 0 radical (unpaired) electrons. The maximum absolute atomic E-state index is 12.7. The average molecular weight is 309 g/mol. The molecule has 2 aromatic rings. The number of terminal acetylenes is 1. The van der Waals surface area contributed by atoms with Crippen molar-refractivity contribution in [3.8, 4) is 18.1 Å². The Morgan fingerprint density at radius 2 is 2.04 bits per heavy atom. The maximum atomic E-state index is 12.7. The van der Waals surface area contributed by atoms with Crippen LogP contribution < -0.4 is 15.4 Å². The van der Waals surface area contributed by atoms with Crippen LogP contribution in [0, 0.1) is 19.3 Å². The number of carbonyl (C=O) groups excluding carboxylic acids is 1. The molecular weight excluding hydrogens is 288 g/mol. The van der Waals surface area contributed by atoms with E-state index in [1.807, 2.05) is 60.8 Å². The van der Waals surface area contributed by atoms with E-state index in [0.29, 0.717) is 18.0 Å². The Morgan fingerprint density at radius 1 is 1.30 bits per heavy atom. The first-order chi connectivity index (χ1) is 11.2. The van der Waals surface area contributed by atoms with Crippen LogP contribution in [0.5, 0.6) is 5.75 Å². The van der Waals surface area contributed by atoms with E-state index in [-0.39, 0.29) is 5.91 Å². The Hall–Kier alpha value is -2.77. The van der Waals surface area contributed by atoms with Gasteiger partial charge in [-0.2, -0.15) is 0 Å². The van der Waals surface area contributed by atoms with E-state index >= 15 is 0 Å². The van der Waals surface area contributed by atoms with Gasteiger partial charge in [-0.05, 0) is 30.5 Å². The molecule has 4 heteroatoms. The van der Waals surface area contributed by atoms with E-state index in [1.54, 1.807) is 7.11 Å². The lowest BCUT2D eigenvalue weighted by molar-refractivity contribution is -0.672. The smallest absolute Gasteiger partial charge is 0.287 e. The maximum Gasteiger partial charge on any atom is 0.287 e. The second-order valence-electron chi connectivity index (χ2n) is 5.23. The lowest BCUT2D eigenvalue weighted by Gasteiger charge is -2.16. The molecule has 0 heterocycles. The van der Waals surface area contributed by atoms with Gasteiger partial charge >= 0.3 is 0 Å². The van der Waals surface area contributed by atoms with Gasteiger partial charge in [0, 0.05) is 5.56 Å². The van der Waals surface area contributed by atoms with Crippen LogP contribution in [0.3, 0.4) is 0 Å². The van der Waals surface area contributed by atoms with Crippen molar-refractivity contribution >= 4 is 11.6 Å². The fraction of sp³-hybridized carbons (Fsp3) is 0.211. The highest BCUT2D eigenvalue weighted by molar-refractivity contribution is 5.95. The van der Waals surface area contributed by atoms with Crippen LogP contribution in [0.4, 0.5) is 5.69 Å². The summed E-state index contributed by atoms with van der Waals surface area (Å²) >= 11 is 0. The second-order valence-corrected chi connectivity index (χ2v) is 5.23. The summed E-state index contributed by atoms with van der Waals surface area (Å²) < 4.78 is 5.31. The van der Waals surface area contributed by atoms with Gasteiger partial charge < -0.3 is 15.4 Å². The van der Waals surface area contributed by atoms with Crippen molar-refractivity contribution in [1.29, 1.82) is 0 Å². The topological polar surface area (TPSA) is 54.9 Å². The zero-order valence-electron chi connectivity index (χ0n) is 13.4.